The van der Waals surface area contributed by atoms with Gasteiger partial charge in [-0.25, -0.2) is 8.42 Å². The second kappa shape index (κ2) is 6.68. The minimum absolute atomic E-state index is 0.456. The molecule has 1 fully saturated rings. The summed E-state index contributed by atoms with van der Waals surface area (Å²) in [5.74, 6) is 0.708. The van der Waals surface area contributed by atoms with Gasteiger partial charge in [-0.1, -0.05) is 36.8 Å². The average Bonchev–Trinajstić information content (AvgIpc) is 2.98. The molecule has 5 nitrogen and oxygen atoms in total. The fourth-order valence-corrected chi connectivity index (χ4v) is 4.24. The molecule has 26 heavy (non-hydrogen) atoms. The van der Waals surface area contributed by atoms with E-state index in [9.17, 15) is 8.42 Å². The maximum Gasteiger partial charge on any atom is 0.255 e. The fourth-order valence-electron chi connectivity index (χ4n) is 3.38. The number of hydrogen-bond donors (Lipinski definition) is 1. The minimum atomic E-state index is -3.61. The fraction of sp³-hybridized carbons (Fsp3) is 0.300. The molecule has 2 aliphatic rings. The molecule has 1 spiro atoms. The molecule has 0 amide bonds. The highest BCUT2D eigenvalue weighted by atomic mass is 32.2. The zero-order valence-electron chi connectivity index (χ0n) is 14.4. The molecule has 1 aliphatic carbocycles. The number of nitrogens with one attached hydrogen (secondary N) is 1. The topological polar surface area (TPSA) is 64.6 Å². The molecule has 136 valence electrons. The number of fused-ring (bicyclic) bond motifs is 1. The van der Waals surface area contributed by atoms with Gasteiger partial charge in [0.15, 0.2) is 11.5 Å². The molecular weight excluding hydrogens is 350 g/mol. The standard InChI is InChI=1S/C20H21NO4S/c22-26(23,14-11-16-7-3-1-4-8-16)21-17-9-10-18-19(15-17)25-20(24-18)12-5-2-6-13-20/h1,3-4,7-11,14-15,21H,2,5-6,12-13H2/b14-11+. The molecule has 4 rings (SSSR count). The summed E-state index contributed by atoms with van der Waals surface area (Å²) < 4.78 is 39.2. The smallest absolute Gasteiger partial charge is 0.255 e. The molecule has 0 bridgehead atoms. The van der Waals surface area contributed by atoms with Gasteiger partial charge in [0.25, 0.3) is 15.8 Å². The van der Waals surface area contributed by atoms with Crippen LogP contribution in [-0.4, -0.2) is 14.2 Å². The highest BCUT2D eigenvalue weighted by Crippen LogP contribution is 2.46. The Balaban J connectivity index is 1.48. The molecule has 1 N–H and O–H groups in total. The predicted octanol–water partition coefficient (Wildman–Crippen LogP) is 4.53. The molecule has 0 saturated heterocycles. The van der Waals surface area contributed by atoms with Crippen LogP contribution in [0.5, 0.6) is 11.5 Å². The summed E-state index contributed by atoms with van der Waals surface area (Å²) in [5.41, 5.74) is 1.28. The van der Waals surface area contributed by atoms with Crippen molar-refractivity contribution in [1.29, 1.82) is 0 Å². The van der Waals surface area contributed by atoms with Gasteiger partial charge in [0.1, 0.15) is 0 Å². The van der Waals surface area contributed by atoms with E-state index in [-0.39, 0.29) is 0 Å². The summed E-state index contributed by atoms with van der Waals surface area (Å²) in [7, 11) is -3.61. The first kappa shape index (κ1) is 17.0. The Morgan fingerprint density at radius 1 is 0.923 bits per heavy atom. The lowest BCUT2D eigenvalue weighted by Crippen LogP contribution is -2.40. The summed E-state index contributed by atoms with van der Waals surface area (Å²) >= 11 is 0. The lowest BCUT2D eigenvalue weighted by molar-refractivity contribution is -0.105. The van der Waals surface area contributed by atoms with Crippen molar-refractivity contribution < 1.29 is 17.9 Å². The largest absolute Gasteiger partial charge is 0.448 e. The molecule has 0 atom stereocenters. The van der Waals surface area contributed by atoms with Crippen molar-refractivity contribution in [3.63, 3.8) is 0 Å². The highest BCUT2D eigenvalue weighted by molar-refractivity contribution is 7.95. The van der Waals surface area contributed by atoms with E-state index in [2.05, 4.69) is 4.72 Å². The molecule has 2 aromatic rings. The van der Waals surface area contributed by atoms with Crippen LogP contribution in [0.15, 0.2) is 53.9 Å². The lowest BCUT2D eigenvalue weighted by Gasteiger charge is -2.31. The zero-order valence-corrected chi connectivity index (χ0v) is 15.2. The van der Waals surface area contributed by atoms with E-state index in [1.165, 1.54) is 6.42 Å². The van der Waals surface area contributed by atoms with Crippen LogP contribution < -0.4 is 14.2 Å². The lowest BCUT2D eigenvalue weighted by atomic mass is 9.94. The van der Waals surface area contributed by atoms with Gasteiger partial charge in [-0.2, -0.15) is 0 Å². The van der Waals surface area contributed by atoms with Crippen LogP contribution >= 0.6 is 0 Å². The van der Waals surface area contributed by atoms with Crippen LogP contribution in [0.1, 0.15) is 37.7 Å². The van der Waals surface area contributed by atoms with Crippen molar-refractivity contribution in [2.45, 2.75) is 37.9 Å². The number of anilines is 1. The van der Waals surface area contributed by atoms with Crippen molar-refractivity contribution in [2.24, 2.45) is 0 Å². The second-order valence-electron chi connectivity index (χ2n) is 6.70. The van der Waals surface area contributed by atoms with Crippen molar-refractivity contribution in [3.8, 4) is 11.5 Å². The van der Waals surface area contributed by atoms with Gasteiger partial charge in [0, 0.05) is 18.9 Å². The summed E-state index contributed by atoms with van der Waals surface area (Å²) in [6, 6.07) is 14.4. The number of hydrogen-bond acceptors (Lipinski definition) is 4. The molecule has 2 aromatic carbocycles. The minimum Gasteiger partial charge on any atom is -0.448 e. The normalized spacial score (nSPS) is 18.3. The monoisotopic (exact) mass is 371 g/mol. The summed E-state index contributed by atoms with van der Waals surface area (Å²) in [6.07, 6.45) is 6.65. The van der Waals surface area contributed by atoms with E-state index in [4.69, 9.17) is 9.47 Å². The Kier molecular flexibility index (Phi) is 4.36. The first-order chi connectivity index (χ1) is 12.5. The van der Waals surface area contributed by atoms with Crippen molar-refractivity contribution in [1.82, 2.24) is 0 Å². The molecular formula is C20H21NO4S. The maximum atomic E-state index is 12.3. The SMILES string of the molecule is O=S(=O)(/C=C/c1ccccc1)Nc1ccc2c(c1)OC1(CCCCC1)O2. The van der Waals surface area contributed by atoms with Crippen molar-refractivity contribution in [2.75, 3.05) is 4.72 Å². The van der Waals surface area contributed by atoms with E-state index >= 15 is 0 Å². The van der Waals surface area contributed by atoms with Crippen molar-refractivity contribution in [3.05, 3.63) is 59.5 Å². The van der Waals surface area contributed by atoms with Gasteiger partial charge in [0.2, 0.25) is 0 Å². The third-order valence-corrected chi connectivity index (χ3v) is 5.66. The van der Waals surface area contributed by atoms with Gasteiger partial charge in [-0.3, -0.25) is 4.72 Å². The van der Waals surface area contributed by atoms with E-state index in [0.29, 0.717) is 17.2 Å². The molecule has 1 heterocycles. The molecule has 0 radical (unpaired) electrons. The molecule has 0 unspecified atom stereocenters. The Labute approximate surface area is 153 Å². The van der Waals surface area contributed by atoms with Gasteiger partial charge in [-0.05, 0) is 36.6 Å². The van der Waals surface area contributed by atoms with Crippen LogP contribution in [0.4, 0.5) is 5.69 Å². The van der Waals surface area contributed by atoms with E-state index in [1.807, 2.05) is 30.3 Å². The van der Waals surface area contributed by atoms with Crippen LogP contribution in [0.3, 0.4) is 0 Å². The first-order valence-corrected chi connectivity index (χ1v) is 10.4. The van der Waals surface area contributed by atoms with Gasteiger partial charge in [-0.15, -0.1) is 0 Å². The number of sulfonamides is 1. The zero-order chi connectivity index (χ0) is 18.0. The van der Waals surface area contributed by atoms with Crippen LogP contribution in [0, 0.1) is 0 Å². The molecule has 1 aliphatic heterocycles. The van der Waals surface area contributed by atoms with Gasteiger partial charge in [0.05, 0.1) is 11.1 Å². The van der Waals surface area contributed by atoms with Crippen LogP contribution in [-0.2, 0) is 10.0 Å². The second-order valence-corrected chi connectivity index (χ2v) is 8.26. The average molecular weight is 371 g/mol. The highest BCUT2D eigenvalue weighted by Gasteiger charge is 2.42. The molecule has 1 saturated carbocycles. The Bertz CT molecular complexity index is 916. The molecule has 0 aromatic heterocycles. The maximum absolute atomic E-state index is 12.3. The summed E-state index contributed by atoms with van der Waals surface area (Å²) in [4.78, 5) is 0. The van der Waals surface area contributed by atoms with Gasteiger partial charge >= 0.3 is 0 Å². The number of ether oxygens (including phenoxy) is 2. The Morgan fingerprint density at radius 2 is 1.65 bits per heavy atom. The predicted molar refractivity (Wildman–Crippen MR) is 102 cm³/mol. The number of benzene rings is 2. The summed E-state index contributed by atoms with van der Waals surface area (Å²) in [5, 5.41) is 1.16. The van der Waals surface area contributed by atoms with E-state index < -0.39 is 15.8 Å². The summed E-state index contributed by atoms with van der Waals surface area (Å²) in [6.45, 7) is 0. The third kappa shape index (κ3) is 3.70. The van der Waals surface area contributed by atoms with E-state index in [1.54, 1.807) is 24.3 Å². The van der Waals surface area contributed by atoms with Crippen LogP contribution in [0.25, 0.3) is 6.08 Å². The first-order valence-electron chi connectivity index (χ1n) is 8.82. The third-order valence-electron chi connectivity index (χ3n) is 4.65. The quantitative estimate of drug-likeness (QED) is 0.857. The molecule has 6 heteroatoms. The number of rotatable bonds is 4. The Hall–Kier alpha value is -2.47. The Morgan fingerprint density at radius 3 is 2.42 bits per heavy atom. The van der Waals surface area contributed by atoms with Gasteiger partial charge < -0.3 is 9.47 Å². The van der Waals surface area contributed by atoms with Crippen molar-refractivity contribution >= 4 is 21.8 Å². The van der Waals surface area contributed by atoms with Crippen LogP contribution in [0.2, 0.25) is 0 Å². The van der Waals surface area contributed by atoms with E-state index in [0.717, 1.165) is 36.7 Å².